The number of amides is 3. The Morgan fingerprint density at radius 3 is 2.12 bits per heavy atom. The highest BCUT2D eigenvalue weighted by Crippen LogP contribution is 2.27. The SMILES string of the molecule is Cc1cc(N2CCCC2)ccc1NC(=O)c1ccc(CN2C(=O)c3ccccc3C2=O)cc1. The molecular weight excluding hydrogens is 414 g/mol. The van der Waals surface area contributed by atoms with Crippen molar-refractivity contribution >= 4 is 29.1 Å². The van der Waals surface area contributed by atoms with Gasteiger partial charge in [-0.15, -0.1) is 0 Å². The third kappa shape index (κ3) is 4.00. The molecule has 1 fully saturated rings. The van der Waals surface area contributed by atoms with Crippen LogP contribution in [0.15, 0.2) is 66.7 Å². The molecule has 1 saturated heterocycles. The molecular formula is C27H25N3O3. The standard InChI is InChI=1S/C27H25N3O3/c1-18-16-21(29-14-4-5-15-29)12-13-24(18)28-25(31)20-10-8-19(9-11-20)17-30-26(32)22-6-2-3-7-23(22)27(30)33/h2-3,6-13,16H,4-5,14-15,17H2,1H3,(H,28,31). The lowest BCUT2D eigenvalue weighted by Gasteiger charge is -2.19. The molecule has 1 N–H and O–H groups in total. The summed E-state index contributed by atoms with van der Waals surface area (Å²) in [6, 6.07) is 20.0. The predicted octanol–water partition coefficient (Wildman–Crippen LogP) is 4.64. The van der Waals surface area contributed by atoms with Crippen LogP contribution in [0.25, 0.3) is 0 Å². The highest BCUT2D eigenvalue weighted by atomic mass is 16.2. The maximum atomic E-state index is 12.8. The van der Waals surface area contributed by atoms with E-state index in [1.165, 1.54) is 23.4 Å². The summed E-state index contributed by atoms with van der Waals surface area (Å²) in [4.78, 5) is 41.5. The van der Waals surface area contributed by atoms with Gasteiger partial charge in [0, 0.05) is 30.0 Å². The number of benzene rings is 3. The van der Waals surface area contributed by atoms with Crippen LogP contribution in [-0.4, -0.2) is 35.7 Å². The minimum atomic E-state index is -0.287. The second kappa shape index (κ2) is 8.54. The quantitative estimate of drug-likeness (QED) is 0.588. The molecule has 3 aromatic rings. The van der Waals surface area contributed by atoms with E-state index >= 15 is 0 Å². The molecule has 5 rings (SSSR count). The Kier molecular flexibility index (Phi) is 5.42. The van der Waals surface area contributed by atoms with Crippen molar-refractivity contribution in [3.63, 3.8) is 0 Å². The number of nitrogens with one attached hydrogen (secondary N) is 1. The first-order chi connectivity index (χ1) is 16.0. The van der Waals surface area contributed by atoms with Gasteiger partial charge < -0.3 is 10.2 Å². The predicted molar refractivity (Wildman–Crippen MR) is 128 cm³/mol. The topological polar surface area (TPSA) is 69.7 Å². The van der Waals surface area contributed by atoms with E-state index in [0.717, 1.165) is 29.9 Å². The van der Waals surface area contributed by atoms with E-state index in [-0.39, 0.29) is 24.3 Å². The molecule has 2 heterocycles. The van der Waals surface area contributed by atoms with Crippen LogP contribution in [0.4, 0.5) is 11.4 Å². The number of rotatable bonds is 5. The molecule has 3 aromatic carbocycles. The van der Waals surface area contributed by atoms with E-state index in [4.69, 9.17) is 0 Å². The summed E-state index contributed by atoms with van der Waals surface area (Å²) in [7, 11) is 0. The van der Waals surface area contributed by atoms with Crippen molar-refractivity contribution in [2.75, 3.05) is 23.3 Å². The van der Waals surface area contributed by atoms with Gasteiger partial charge >= 0.3 is 0 Å². The molecule has 6 heteroatoms. The Morgan fingerprint density at radius 2 is 1.52 bits per heavy atom. The Labute approximate surface area is 192 Å². The third-order valence-electron chi connectivity index (χ3n) is 6.36. The van der Waals surface area contributed by atoms with Gasteiger partial charge in [0.1, 0.15) is 0 Å². The average Bonchev–Trinajstić information content (AvgIpc) is 3.45. The van der Waals surface area contributed by atoms with Crippen molar-refractivity contribution in [2.45, 2.75) is 26.3 Å². The normalized spacial score (nSPS) is 15.2. The van der Waals surface area contributed by atoms with Crippen LogP contribution in [0.1, 0.15) is 55.0 Å². The lowest BCUT2D eigenvalue weighted by Crippen LogP contribution is -2.29. The minimum Gasteiger partial charge on any atom is -0.372 e. The van der Waals surface area contributed by atoms with Gasteiger partial charge in [0.15, 0.2) is 0 Å². The number of hydrogen-bond acceptors (Lipinski definition) is 4. The number of hydrogen-bond donors (Lipinski definition) is 1. The molecule has 0 aromatic heterocycles. The Hall–Kier alpha value is -3.93. The molecule has 0 unspecified atom stereocenters. The molecule has 2 aliphatic heterocycles. The summed E-state index contributed by atoms with van der Waals surface area (Å²) >= 11 is 0. The van der Waals surface area contributed by atoms with Crippen molar-refractivity contribution in [1.82, 2.24) is 4.90 Å². The van der Waals surface area contributed by atoms with Crippen LogP contribution in [-0.2, 0) is 6.54 Å². The number of carbonyl (C=O) groups is 3. The summed E-state index contributed by atoms with van der Waals surface area (Å²) in [5.74, 6) is -0.769. The number of carbonyl (C=O) groups excluding carboxylic acids is 3. The highest BCUT2D eigenvalue weighted by molar-refractivity contribution is 6.21. The van der Waals surface area contributed by atoms with Crippen molar-refractivity contribution in [3.8, 4) is 0 Å². The van der Waals surface area contributed by atoms with E-state index in [2.05, 4.69) is 22.3 Å². The Balaban J connectivity index is 1.25. The van der Waals surface area contributed by atoms with Gasteiger partial charge in [0.2, 0.25) is 0 Å². The van der Waals surface area contributed by atoms with Gasteiger partial charge in [-0.2, -0.15) is 0 Å². The fourth-order valence-electron chi connectivity index (χ4n) is 4.48. The molecule has 0 radical (unpaired) electrons. The number of aryl methyl sites for hydroxylation is 1. The van der Waals surface area contributed by atoms with Gasteiger partial charge in [-0.1, -0.05) is 24.3 Å². The zero-order valence-electron chi connectivity index (χ0n) is 18.5. The van der Waals surface area contributed by atoms with E-state index in [1.807, 2.05) is 13.0 Å². The monoisotopic (exact) mass is 439 g/mol. The van der Waals surface area contributed by atoms with Crippen LogP contribution in [0.2, 0.25) is 0 Å². The molecule has 0 saturated carbocycles. The number of fused-ring (bicyclic) bond motifs is 1. The third-order valence-corrected chi connectivity index (χ3v) is 6.36. The van der Waals surface area contributed by atoms with E-state index < -0.39 is 0 Å². The fraction of sp³-hybridized carbons (Fsp3) is 0.222. The van der Waals surface area contributed by atoms with E-state index in [9.17, 15) is 14.4 Å². The van der Waals surface area contributed by atoms with Crippen molar-refractivity contribution in [3.05, 3.63) is 94.5 Å². The molecule has 0 spiro atoms. The maximum Gasteiger partial charge on any atom is 0.261 e. The molecule has 33 heavy (non-hydrogen) atoms. The summed E-state index contributed by atoms with van der Waals surface area (Å²) in [5, 5.41) is 2.99. The molecule has 0 atom stereocenters. The lowest BCUT2D eigenvalue weighted by molar-refractivity contribution is 0.0642. The van der Waals surface area contributed by atoms with Crippen LogP contribution in [0.3, 0.4) is 0 Å². The van der Waals surface area contributed by atoms with Crippen LogP contribution in [0, 0.1) is 6.92 Å². The largest absolute Gasteiger partial charge is 0.372 e. The maximum absolute atomic E-state index is 12.8. The second-order valence-corrected chi connectivity index (χ2v) is 8.59. The first kappa shape index (κ1) is 20.9. The minimum absolute atomic E-state index is 0.172. The zero-order chi connectivity index (χ0) is 22.9. The Morgan fingerprint density at radius 1 is 0.879 bits per heavy atom. The van der Waals surface area contributed by atoms with Crippen LogP contribution in [0.5, 0.6) is 0 Å². The summed E-state index contributed by atoms with van der Waals surface area (Å²) in [5.41, 5.74) is 5.18. The van der Waals surface area contributed by atoms with Crippen LogP contribution >= 0.6 is 0 Å². The summed E-state index contributed by atoms with van der Waals surface area (Å²) < 4.78 is 0. The van der Waals surface area contributed by atoms with Crippen molar-refractivity contribution < 1.29 is 14.4 Å². The van der Waals surface area contributed by atoms with Gasteiger partial charge in [-0.05, 0) is 73.4 Å². The average molecular weight is 440 g/mol. The number of anilines is 2. The molecule has 3 amide bonds. The zero-order valence-corrected chi connectivity index (χ0v) is 18.5. The van der Waals surface area contributed by atoms with Gasteiger partial charge in [-0.3, -0.25) is 19.3 Å². The van der Waals surface area contributed by atoms with Crippen molar-refractivity contribution in [1.29, 1.82) is 0 Å². The van der Waals surface area contributed by atoms with Gasteiger partial charge in [0.25, 0.3) is 17.7 Å². The second-order valence-electron chi connectivity index (χ2n) is 8.59. The van der Waals surface area contributed by atoms with Gasteiger partial charge in [0.05, 0.1) is 17.7 Å². The first-order valence-electron chi connectivity index (χ1n) is 11.2. The Bertz CT molecular complexity index is 1210. The van der Waals surface area contributed by atoms with Crippen molar-refractivity contribution in [2.24, 2.45) is 0 Å². The number of imide groups is 1. The van der Waals surface area contributed by atoms with Crippen LogP contribution < -0.4 is 10.2 Å². The molecule has 0 aliphatic carbocycles. The highest BCUT2D eigenvalue weighted by Gasteiger charge is 2.34. The smallest absolute Gasteiger partial charge is 0.261 e. The molecule has 166 valence electrons. The number of nitrogens with zero attached hydrogens (tertiary/aromatic N) is 2. The first-order valence-corrected chi connectivity index (χ1v) is 11.2. The van der Waals surface area contributed by atoms with E-state index in [0.29, 0.717) is 16.7 Å². The van der Waals surface area contributed by atoms with Gasteiger partial charge in [-0.25, -0.2) is 0 Å². The molecule has 0 bridgehead atoms. The fourth-order valence-corrected chi connectivity index (χ4v) is 4.48. The summed E-state index contributed by atoms with van der Waals surface area (Å²) in [6.07, 6.45) is 2.45. The lowest BCUT2D eigenvalue weighted by atomic mass is 10.1. The van der Waals surface area contributed by atoms with E-state index in [1.54, 1.807) is 48.5 Å². The molecule has 2 aliphatic rings. The molecule has 6 nitrogen and oxygen atoms in total. The summed E-state index contributed by atoms with van der Waals surface area (Å²) in [6.45, 7) is 4.34.